The van der Waals surface area contributed by atoms with Crippen molar-refractivity contribution < 1.29 is 4.74 Å². The Morgan fingerprint density at radius 3 is 2.50 bits per heavy atom. The van der Waals surface area contributed by atoms with E-state index in [0.29, 0.717) is 23.9 Å². The first-order chi connectivity index (χ1) is 9.67. The van der Waals surface area contributed by atoms with Gasteiger partial charge >= 0.3 is 0 Å². The summed E-state index contributed by atoms with van der Waals surface area (Å²) >= 11 is 0. The maximum atomic E-state index is 5.38. The van der Waals surface area contributed by atoms with E-state index in [1.165, 1.54) is 6.33 Å². The molecule has 0 radical (unpaired) electrons. The molecule has 2 rings (SSSR count). The summed E-state index contributed by atoms with van der Waals surface area (Å²) in [6, 6.07) is 0. The van der Waals surface area contributed by atoms with Crippen molar-refractivity contribution in [1.29, 1.82) is 0 Å². The third-order valence-corrected chi connectivity index (χ3v) is 3.14. The summed E-state index contributed by atoms with van der Waals surface area (Å²) in [5.74, 6) is 1.98. The van der Waals surface area contributed by atoms with Crippen molar-refractivity contribution in [1.82, 2.24) is 19.7 Å². The van der Waals surface area contributed by atoms with E-state index < -0.39 is 0 Å². The van der Waals surface area contributed by atoms with Gasteiger partial charge in [-0.1, -0.05) is 0 Å². The Hall–Kier alpha value is -2.31. The van der Waals surface area contributed by atoms with Crippen LogP contribution in [0.25, 0.3) is 0 Å². The fourth-order valence-corrected chi connectivity index (χ4v) is 1.88. The zero-order valence-electron chi connectivity index (χ0n) is 12.3. The molecular weight excluding hydrogens is 256 g/mol. The predicted molar refractivity (Wildman–Crippen MR) is 78.0 cm³/mol. The van der Waals surface area contributed by atoms with Crippen LogP contribution in [-0.2, 0) is 13.6 Å². The van der Waals surface area contributed by atoms with Crippen LogP contribution in [0, 0.1) is 6.92 Å². The monoisotopic (exact) mass is 276 g/mol. The molecule has 2 N–H and O–H groups in total. The van der Waals surface area contributed by atoms with Crippen LogP contribution in [0.4, 0.5) is 11.6 Å². The highest BCUT2D eigenvalue weighted by Crippen LogP contribution is 2.29. The fourth-order valence-electron chi connectivity index (χ4n) is 1.88. The quantitative estimate of drug-likeness (QED) is 0.834. The van der Waals surface area contributed by atoms with Crippen LogP contribution in [0.15, 0.2) is 12.5 Å². The van der Waals surface area contributed by atoms with Gasteiger partial charge in [0.25, 0.3) is 0 Å². The van der Waals surface area contributed by atoms with Crippen molar-refractivity contribution in [3.05, 3.63) is 23.8 Å². The molecule has 0 unspecified atom stereocenters. The minimum absolute atomic E-state index is 0.621. The van der Waals surface area contributed by atoms with E-state index in [0.717, 1.165) is 17.8 Å². The number of nitrogens with one attached hydrogen (secondary N) is 2. The summed E-state index contributed by atoms with van der Waals surface area (Å²) in [5.41, 5.74) is 2.25. The molecule has 20 heavy (non-hydrogen) atoms. The molecule has 2 heterocycles. The smallest absolute Gasteiger partial charge is 0.204 e. The van der Waals surface area contributed by atoms with Gasteiger partial charge in [-0.3, -0.25) is 4.68 Å². The minimum atomic E-state index is 0.621. The van der Waals surface area contributed by atoms with Crippen LogP contribution in [0.2, 0.25) is 0 Å². The maximum Gasteiger partial charge on any atom is 0.204 e. The second kappa shape index (κ2) is 6.23. The molecule has 0 aliphatic carbocycles. The van der Waals surface area contributed by atoms with E-state index in [9.17, 15) is 0 Å². The molecule has 0 amide bonds. The van der Waals surface area contributed by atoms with Crippen molar-refractivity contribution in [2.75, 3.05) is 24.3 Å². The molecule has 2 aromatic rings. The van der Waals surface area contributed by atoms with Crippen LogP contribution in [-0.4, -0.2) is 33.4 Å². The van der Waals surface area contributed by atoms with E-state index in [1.54, 1.807) is 7.11 Å². The second-order valence-corrected chi connectivity index (χ2v) is 4.37. The van der Waals surface area contributed by atoms with Gasteiger partial charge in [0.2, 0.25) is 5.75 Å². The molecule has 0 aromatic carbocycles. The second-order valence-electron chi connectivity index (χ2n) is 4.37. The van der Waals surface area contributed by atoms with Gasteiger partial charge in [0.15, 0.2) is 11.6 Å². The Labute approximate surface area is 118 Å². The highest BCUT2D eigenvalue weighted by Gasteiger charge is 2.12. The van der Waals surface area contributed by atoms with Crippen LogP contribution < -0.4 is 15.4 Å². The number of methoxy groups -OCH3 is 1. The average Bonchev–Trinajstić information content (AvgIpc) is 2.77. The molecule has 0 spiro atoms. The third-order valence-electron chi connectivity index (χ3n) is 3.14. The third kappa shape index (κ3) is 2.81. The molecule has 0 fully saturated rings. The van der Waals surface area contributed by atoms with E-state index in [-0.39, 0.29) is 0 Å². The van der Waals surface area contributed by atoms with E-state index in [4.69, 9.17) is 4.74 Å². The first-order valence-corrected chi connectivity index (χ1v) is 6.51. The molecule has 7 heteroatoms. The lowest BCUT2D eigenvalue weighted by Gasteiger charge is -2.13. The predicted octanol–water partition coefficient (Wildman–Crippen LogP) is 1.57. The number of hydrogen-bond acceptors (Lipinski definition) is 6. The Kier molecular flexibility index (Phi) is 4.39. The van der Waals surface area contributed by atoms with Crippen molar-refractivity contribution >= 4 is 11.6 Å². The first-order valence-electron chi connectivity index (χ1n) is 6.51. The van der Waals surface area contributed by atoms with E-state index >= 15 is 0 Å². The number of anilines is 2. The maximum absolute atomic E-state index is 5.38. The minimum Gasteiger partial charge on any atom is -0.490 e. The first kappa shape index (κ1) is 14.1. The zero-order valence-corrected chi connectivity index (χ0v) is 12.3. The number of ether oxygens (including phenoxy) is 1. The summed E-state index contributed by atoms with van der Waals surface area (Å²) in [6.45, 7) is 5.45. The van der Waals surface area contributed by atoms with Gasteiger partial charge in [0, 0.05) is 31.4 Å². The Bertz CT molecular complexity index is 580. The number of aryl methyl sites for hydroxylation is 1. The zero-order chi connectivity index (χ0) is 14.5. The summed E-state index contributed by atoms with van der Waals surface area (Å²) in [7, 11) is 3.54. The van der Waals surface area contributed by atoms with Gasteiger partial charge in [0.05, 0.1) is 13.3 Å². The number of hydrogen-bond donors (Lipinski definition) is 2. The van der Waals surface area contributed by atoms with Gasteiger partial charge < -0.3 is 15.4 Å². The Morgan fingerprint density at radius 2 is 1.95 bits per heavy atom. The van der Waals surface area contributed by atoms with Crippen molar-refractivity contribution in [2.45, 2.75) is 20.4 Å². The van der Waals surface area contributed by atoms with Crippen LogP contribution in [0.3, 0.4) is 0 Å². The summed E-state index contributed by atoms with van der Waals surface area (Å²) < 4.78 is 7.23. The SMILES string of the molecule is CCNc1ncnc(NCc2cnn(C)c2C)c1OC. The van der Waals surface area contributed by atoms with Gasteiger partial charge in [-0.15, -0.1) is 0 Å². The van der Waals surface area contributed by atoms with Crippen molar-refractivity contribution in [3.8, 4) is 5.75 Å². The molecule has 7 nitrogen and oxygen atoms in total. The molecule has 0 atom stereocenters. The molecule has 0 saturated carbocycles. The number of nitrogens with zero attached hydrogens (tertiary/aromatic N) is 4. The van der Waals surface area contributed by atoms with Gasteiger partial charge in [0.1, 0.15) is 6.33 Å². The average molecular weight is 276 g/mol. The lowest BCUT2D eigenvalue weighted by atomic mass is 10.2. The van der Waals surface area contributed by atoms with Crippen LogP contribution in [0.5, 0.6) is 5.75 Å². The van der Waals surface area contributed by atoms with Crippen molar-refractivity contribution in [2.24, 2.45) is 7.05 Å². The van der Waals surface area contributed by atoms with Gasteiger partial charge in [-0.05, 0) is 13.8 Å². The molecule has 0 aliphatic heterocycles. The fraction of sp³-hybridized carbons (Fsp3) is 0.462. The molecule has 2 aromatic heterocycles. The van der Waals surface area contributed by atoms with Crippen LogP contribution in [0.1, 0.15) is 18.2 Å². The molecule has 0 saturated heterocycles. The lowest BCUT2D eigenvalue weighted by Crippen LogP contribution is -2.08. The summed E-state index contributed by atoms with van der Waals surface area (Å²) in [4.78, 5) is 8.40. The standard InChI is InChI=1S/C13H20N6O/c1-5-14-12-11(20-4)13(17-8-16-12)15-6-10-7-18-19(3)9(10)2/h7-8H,5-6H2,1-4H3,(H2,14,15,16,17). The Balaban J connectivity index is 2.16. The van der Waals surface area contributed by atoms with E-state index in [2.05, 4.69) is 25.7 Å². The molecule has 0 bridgehead atoms. The molecule has 0 aliphatic rings. The number of rotatable bonds is 6. The summed E-state index contributed by atoms with van der Waals surface area (Å²) in [5, 5.41) is 10.6. The van der Waals surface area contributed by atoms with E-state index in [1.807, 2.05) is 31.8 Å². The molecular formula is C13H20N6O. The van der Waals surface area contributed by atoms with Gasteiger partial charge in [-0.25, -0.2) is 9.97 Å². The van der Waals surface area contributed by atoms with Crippen LogP contribution >= 0.6 is 0 Å². The normalized spacial score (nSPS) is 10.4. The molecule has 108 valence electrons. The lowest BCUT2D eigenvalue weighted by molar-refractivity contribution is 0.414. The summed E-state index contributed by atoms with van der Waals surface area (Å²) in [6.07, 6.45) is 3.36. The highest BCUT2D eigenvalue weighted by molar-refractivity contribution is 5.63. The largest absolute Gasteiger partial charge is 0.490 e. The van der Waals surface area contributed by atoms with Crippen molar-refractivity contribution in [3.63, 3.8) is 0 Å². The Morgan fingerprint density at radius 1 is 1.25 bits per heavy atom. The number of aromatic nitrogens is 4. The highest BCUT2D eigenvalue weighted by atomic mass is 16.5. The topological polar surface area (TPSA) is 76.9 Å². The van der Waals surface area contributed by atoms with Gasteiger partial charge in [-0.2, -0.15) is 5.10 Å².